The van der Waals surface area contributed by atoms with Crippen LogP contribution < -0.4 is 0 Å². The maximum Gasteiger partial charge on any atom is 0.0744 e. The van der Waals surface area contributed by atoms with E-state index in [1.54, 1.807) is 18.6 Å². The number of hydrogen-bond donors (Lipinski definition) is 1. The predicted octanol–water partition coefficient (Wildman–Crippen LogP) is 2.53. The molecule has 3 aromatic rings. The molecule has 0 aliphatic carbocycles. The van der Waals surface area contributed by atoms with E-state index in [9.17, 15) is 0 Å². The molecule has 0 spiro atoms. The van der Waals surface area contributed by atoms with Gasteiger partial charge in [-0.1, -0.05) is 0 Å². The molecule has 0 radical (unpaired) electrons. The summed E-state index contributed by atoms with van der Waals surface area (Å²) in [5, 5.41) is 7.11. The Morgan fingerprint density at radius 3 is 2.47 bits per heavy atom. The summed E-state index contributed by atoms with van der Waals surface area (Å²) < 4.78 is 0. The minimum absolute atomic E-state index is 0.976. The van der Waals surface area contributed by atoms with Gasteiger partial charge in [0.2, 0.25) is 0 Å². The molecule has 3 rings (SSSR count). The van der Waals surface area contributed by atoms with E-state index in [1.807, 2.05) is 36.7 Å². The summed E-state index contributed by atoms with van der Waals surface area (Å²) in [6, 6.07) is 7.84. The Hall–Kier alpha value is -2.49. The van der Waals surface area contributed by atoms with Crippen LogP contribution in [0, 0.1) is 0 Å². The van der Waals surface area contributed by atoms with E-state index < -0.39 is 0 Å². The van der Waals surface area contributed by atoms with Crippen molar-refractivity contribution in [2.24, 2.45) is 0 Å². The Labute approximate surface area is 98.4 Å². The molecular formula is C13H10N4. The fourth-order valence-electron chi connectivity index (χ4n) is 1.77. The summed E-state index contributed by atoms with van der Waals surface area (Å²) in [4.78, 5) is 8.13. The molecule has 0 saturated carbocycles. The van der Waals surface area contributed by atoms with E-state index in [1.165, 1.54) is 0 Å². The van der Waals surface area contributed by atoms with Crippen molar-refractivity contribution in [3.63, 3.8) is 0 Å². The molecule has 0 fully saturated rings. The Bertz CT molecular complexity index is 548. The molecule has 1 N–H and O–H groups in total. The van der Waals surface area contributed by atoms with Crippen molar-refractivity contribution < 1.29 is 0 Å². The van der Waals surface area contributed by atoms with Crippen LogP contribution in [0.2, 0.25) is 0 Å². The number of rotatable bonds is 2. The minimum Gasteiger partial charge on any atom is -0.277 e. The van der Waals surface area contributed by atoms with Gasteiger partial charge in [0.15, 0.2) is 0 Å². The summed E-state index contributed by atoms with van der Waals surface area (Å²) in [7, 11) is 0. The fourth-order valence-corrected chi connectivity index (χ4v) is 1.77. The molecule has 0 amide bonds. The molecular weight excluding hydrogens is 212 g/mol. The summed E-state index contributed by atoms with van der Waals surface area (Å²) in [6.07, 6.45) is 8.94. The molecule has 0 unspecified atom stereocenters. The van der Waals surface area contributed by atoms with E-state index in [2.05, 4.69) is 20.2 Å². The first kappa shape index (κ1) is 9.72. The molecule has 82 valence electrons. The third kappa shape index (κ3) is 1.80. The van der Waals surface area contributed by atoms with Crippen LogP contribution in [0.3, 0.4) is 0 Å². The molecule has 3 aromatic heterocycles. The molecule has 0 aliphatic heterocycles. The van der Waals surface area contributed by atoms with Gasteiger partial charge in [-0.15, -0.1) is 0 Å². The third-order valence-corrected chi connectivity index (χ3v) is 2.58. The lowest BCUT2D eigenvalue weighted by Crippen LogP contribution is -1.83. The van der Waals surface area contributed by atoms with Gasteiger partial charge in [0.1, 0.15) is 0 Å². The van der Waals surface area contributed by atoms with Crippen LogP contribution >= 0.6 is 0 Å². The second kappa shape index (κ2) is 4.17. The van der Waals surface area contributed by atoms with E-state index in [0.717, 1.165) is 22.4 Å². The van der Waals surface area contributed by atoms with Crippen molar-refractivity contribution >= 4 is 0 Å². The molecule has 0 saturated heterocycles. The van der Waals surface area contributed by atoms with Gasteiger partial charge in [-0.25, -0.2) is 0 Å². The number of nitrogens with one attached hydrogen (secondary N) is 1. The largest absolute Gasteiger partial charge is 0.277 e. The van der Waals surface area contributed by atoms with E-state index in [0.29, 0.717) is 0 Å². The second-order valence-corrected chi connectivity index (χ2v) is 3.64. The fraction of sp³-hybridized carbons (Fsp3) is 0. The first-order valence-corrected chi connectivity index (χ1v) is 5.29. The lowest BCUT2D eigenvalue weighted by molar-refractivity contribution is 1.09. The van der Waals surface area contributed by atoms with Gasteiger partial charge in [0, 0.05) is 35.9 Å². The van der Waals surface area contributed by atoms with Gasteiger partial charge < -0.3 is 0 Å². The normalized spacial score (nSPS) is 10.4. The van der Waals surface area contributed by atoms with Crippen LogP contribution in [0.15, 0.2) is 55.2 Å². The first-order valence-electron chi connectivity index (χ1n) is 5.29. The lowest BCUT2D eigenvalue weighted by atomic mass is 10.0. The minimum atomic E-state index is 0.976. The van der Waals surface area contributed by atoms with Gasteiger partial charge >= 0.3 is 0 Å². The number of pyridine rings is 2. The summed E-state index contributed by atoms with van der Waals surface area (Å²) >= 11 is 0. The molecule has 17 heavy (non-hydrogen) atoms. The molecule has 4 heteroatoms. The third-order valence-electron chi connectivity index (χ3n) is 2.58. The lowest BCUT2D eigenvalue weighted by Gasteiger charge is -2.02. The maximum atomic E-state index is 4.12. The molecule has 4 nitrogen and oxygen atoms in total. The van der Waals surface area contributed by atoms with E-state index in [4.69, 9.17) is 0 Å². The quantitative estimate of drug-likeness (QED) is 0.724. The van der Waals surface area contributed by atoms with Gasteiger partial charge in [-0.2, -0.15) is 5.10 Å². The molecule has 0 bridgehead atoms. The van der Waals surface area contributed by atoms with Gasteiger partial charge in [0.05, 0.1) is 11.9 Å². The smallest absolute Gasteiger partial charge is 0.0744 e. The van der Waals surface area contributed by atoms with Crippen molar-refractivity contribution in [2.75, 3.05) is 0 Å². The molecule has 0 aliphatic rings. The Morgan fingerprint density at radius 2 is 1.71 bits per heavy atom. The van der Waals surface area contributed by atoms with Crippen molar-refractivity contribution in [3.05, 3.63) is 55.2 Å². The Balaban J connectivity index is 2.13. The number of aromatic amines is 1. The van der Waals surface area contributed by atoms with Crippen LogP contribution in [0.5, 0.6) is 0 Å². The van der Waals surface area contributed by atoms with E-state index in [-0.39, 0.29) is 0 Å². The van der Waals surface area contributed by atoms with Crippen LogP contribution in [-0.4, -0.2) is 20.2 Å². The van der Waals surface area contributed by atoms with Crippen molar-refractivity contribution in [1.82, 2.24) is 20.2 Å². The second-order valence-electron chi connectivity index (χ2n) is 3.64. The summed E-state index contributed by atoms with van der Waals surface area (Å²) in [5.74, 6) is 0. The standard InChI is InChI=1S/C13H10N4/c1-2-11(8-15-5-1)13-12(9-16-17-13)10-3-6-14-7-4-10/h1-9H,(H,16,17). The van der Waals surface area contributed by atoms with Crippen molar-refractivity contribution in [3.8, 4) is 22.4 Å². The Kier molecular flexibility index (Phi) is 2.38. The maximum absolute atomic E-state index is 4.12. The van der Waals surface area contributed by atoms with Gasteiger partial charge in [-0.05, 0) is 29.8 Å². The molecule has 0 atom stereocenters. The predicted molar refractivity (Wildman–Crippen MR) is 65.0 cm³/mol. The monoisotopic (exact) mass is 222 g/mol. The highest BCUT2D eigenvalue weighted by atomic mass is 15.1. The highest BCUT2D eigenvalue weighted by Crippen LogP contribution is 2.28. The average Bonchev–Trinajstić information content (AvgIpc) is 2.90. The van der Waals surface area contributed by atoms with Gasteiger partial charge in [-0.3, -0.25) is 15.1 Å². The summed E-state index contributed by atoms with van der Waals surface area (Å²) in [6.45, 7) is 0. The zero-order valence-electron chi connectivity index (χ0n) is 9.04. The zero-order chi connectivity index (χ0) is 11.5. The van der Waals surface area contributed by atoms with Crippen LogP contribution in [-0.2, 0) is 0 Å². The number of hydrogen-bond acceptors (Lipinski definition) is 3. The van der Waals surface area contributed by atoms with Crippen LogP contribution in [0.25, 0.3) is 22.4 Å². The SMILES string of the molecule is c1cncc(-c2[nH]ncc2-c2ccncc2)c1. The van der Waals surface area contributed by atoms with Crippen LogP contribution in [0.1, 0.15) is 0 Å². The summed E-state index contributed by atoms with van der Waals surface area (Å²) in [5.41, 5.74) is 4.15. The number of H-pyrrole nitrogens is 1. The molecule has 3 heterocycles. The van der Waals surface area contributed by atoms with Crippen molar-refractivity contribution in [2.45, 2.75) is 0 Å². The molecule has 0 aromatic carbocycles. The number of aromatic nitrogens is 4. The highest BCUT2D eigenvalue weighted by molar-refractivity contribution is 5.79. The first-order chi connectivity index (χ1) is 8.45. The highest BCUT2D eigenvalue weighted by Gasteiger charge is 2.09. The zero-order valence-corrected chi connectivity index (χ0v) is 9.04. The topological polar surface area (TPSA) is 54.5 Å². The average molecular weight is 222 g/mol. The van der Waals surface area contributed by atoms with Gasteiger partial charge in [0.25, 0.3) is 0 Å². The van der Waals surface area contributed by atoms with E-state index >= 15 is 0 Å². The number of nitrogens with zero attached hydrogens (tertiary/aromatic N) is 3. The Morgan fingerprint density at radius 1 is 0.824 bits per heavy atom. The van der Waals surface area contributed by atoms with Crippen molar-refractivity contribution in [1.29, 1.82) is 0 Å². The van der Waals surface area contributed by atoms with Crippen LogP contribution in [0.4, 0.5) is 0 Å².